The number of amides is 1. The SMILES string of the molecule is CCCCCC=CC=CC=CC=CC(=O)N[C@H](C(=O)O)[C@@H](C)O. The van der Waals surface area contributed by atoms with Gasteiger partial charge in [-0.25, -0.2) is 4.79 Å². The molecule has 0 spiro atoms. The van der Waals surface area contributed by atoms with Crippen LogP contribution in [0.1, 0.15) is 39.5 Å². The Balaban J connectivity index is 4.07. The Morgan fingerprint density at radius 2 is 1.65 bits per heavy atom. The lowest BCUT2D eigenvalue weighted by molar-refractivity contribution is -0.144. The maximum atomic E-state index is 11.5. The summed E-state index contributed by atoms with van der Waals surface area (Å²) in [6, 6.07) is -1.31. The number of aliphatic hydroxyl groups is 1. The van der Waals surface area contributed by atoms with E-state index in [-0.39, 0.29) is 0 Å². The second kappa shape index (κ2) is 13.5. The van der Waals surface area contributed by atoms with Crippen molar-refractivity contribution >= 4 is 11.9 Å². The lowest BCUT2D eigenvalue weighted by Gasteiger charge is -2.15. The van der Waals surface area contributed by atoms with E-state index >= 15 is 0 Å². The average molecular weight is 321 g/mol. The molecule has 23 heavy (non-hydrogen) atoms. The first-order valence-electron chi connectivity index (χ1n) is 7.87. The molecule has 5 heteroatoms. The molecular formula is C18H27NO4. The van der Waals surface area contributed by atoms with Crippen molar-refractivity contribution in [3.63, 3.8) is 0 Å². The number of hydrogen-bond acceptors (Lipinski definition) is 3. The van der Waals surface area contributed by atoms with Gasteiger partial charge in [-0.15, -0.1) is 0 Å². The molecule has 0 aromatic carbocycles. The minimum Gasteiger partial charge on any atom is -0.480 e. The molecule has 2 atom stereocenters. The van der Waals surface area contributed by atoms with Crippen molar-refractivity contribution in [1.29, 1.82) is 0 Å². The van der Waals surface area contributed by atoms with E-state index in [1.54, 1.807) is 12.2 Å². The van der Waals surface area contributed by atoms with Crippen molar-refractivity contribution in [1.82, 2.24) is 5.32 Å². The zero-order valence-electron chi connectivity index (χ0n) is 13.8. The number of aliphatic carboxylic acids is 1. The predicted molar refractivity (Wildman–Crippen MR) is 91.9 cm³/mol. The standard InChI is InChI=1S/C18H27NO4/c1-3-4-5-6-7-8-9-10-11-12-13-14-16(21)19-17(15(2)20)18(22)23/h7-15,17,20H,3-6H2,1-2H3,(H,19,21)(H,22,23)/t15-,17+/m1/s1. The lowest BCUT2D eigenvalue weighted by Crippen LogP contribution is -2.47. The molecule has 0 bridgehead atoms. The van der Waals surface area contributed by atoms with Crippen molar-refractivity contribution in [2.45, 2.75) is 51.7 Å². The topological polar surface area (TPSA) is 86.6 Å². The van der Waals surface area contributed by atoms with Gasteiger partial charge in [0.05, 0.1) is 6.10 Å². The number of allylic oxidation sites excluding steroid dienone is 7. The minimum absolute atomic E-state index is 0.567. The van der Waals surface area contributed by atoms with Crippen LogP contribution in [0.25, 0.3) is 0 Å². The van der Waals surface area contributed by atoms with E-state index in [9.17, 15) is 14.7 Å². The quantitative estimate of drug-likeness (QED) is 0.310. The number of unbranched alkanes of at least 4 members (excludes halogenated alkanes) is 3. The van der Waals surface area contributed by atoms with E-state index < -0.39 is 24.0 Å². The highest BCUT2D eigenvalue weighted by Gasteiger charge is 2.23. The number of rotatable bonds is 11. The highest BCUT2D eigenvalue weighted by molar-refractivity contribution is 5.91. The summed E-state index contributed by atoms with van der Waals surface area (Å²) in [5.41, 5.74) is 0. The zero-order valence-corrected chi connectivity index (χ0v) is 13.8. The number of hydrogen-bond donors (Lipinski definition) is 3. The number of nitrogens with one attached hydrogen (secondary N) is 1. The fourth-order valence-corrected chi connectivity index (χ4v) is 1.68. The van der Waals surface area contributed by atoms with Gasteiger partial charge in [-0.3, -0.25) is 4.79 Å². The molecule has 0 aliphatic rings. The molecule has 128 valence electrons. The summed E-state index contributed by atoms with van der Waals surface area (Å²) < 4.78 is 0. The second-order valence-corrected chi connectivity index (χ2v) is 5.12. The van der Waals surface area contributed by atoms with Crippen molar-refractivity contribution < 1.29 is 19.8 Å². The maximum Gasteiger partial charge on any atom is 0.328 e. The molecular weight excluding hydrogens is 294 g/mol. The molecule has 0 radical (unpaired) electrons. The Labute approximate surface area is 138 Å². The number of carbonyl (C=O) groups is 2. The van der Waals surface area contributed by atoms with Gasteiger partial charge in [0.15, 0.2) is 6.04 Å². The number of carbonyl (C=O) groups excluding carboxylic acids is 1. The number of aliphatic hydroxyl groups excluding tert-OH is 1. The fourth-order valence-electron chi connectivity index (χ4n) is 1.68. The van der Waals surface area contributed by atoms with Crippen LogP contribution in [0, 0.1) is 0 Å². The molecule has 0 fully saturated rings. The van der Waals surface area contributed by atoms with Crippen molar-refractivity contribution in [2.24, 2.45) is 0 Å². The van der Waals surface area contributed by atoms with Gasteiger partial charge in [0.25, 0.3) is 0 Å². The normalized spacial score (nSPS) is 14.9. The Kier molecular flexibility index (Phi) is 12.3. The van der Waals surface area contributed by atoms with Gasteiger partial charge < -0.3 is 15.5 Å². The smallest absolute Gasteiger partial charge is 0.328 e. The third kappa shape index (κ3) is 12.1. The summed E-state index contributed by atoms with van der Waals surface area (Å²) in [5.74, 6) is -1.84. The molecule has 5 nitrogen and oxygen atoms in total. The van der Waals surface area contributed by atoms with E-state index in [0.717, 1.165) is 6.42 Å². The van der Waals surface area contributed by atoms with Crippen LogP contribution in [-0.2, 0) is 9.59 Å². The molecule has 0 aliphatic carbocycles. The second-order valence-electron chi connectivity index (χ2n) is 5.12. The lowest BCUT2D eigenvalue weighted by atomic mass is 10.2. The van der Waals surface area contributed by atoms with Gasteiger partial charge in [0, 0.05) is 6.08 Å². The van der Waals surface area contributed by atoms with E-state index in [2.05, 4.69) is 18.3 Å². The summed E-state index contributed by atoms with van der Waals surface area (Å²) in [6.07, 6.45) is 17.6. The first-order chi connectivity index (χ1) is 11.0. The zero-order chi connectivity index (χ0) is 17.5. The Morgan fingerprint density at radius 1 is 1.04 bits per heavy atom. The van der Waals surface area contributed by atoms with Gasteiger partial charge in [0.2, 0.25) is 5.91 Å². The molecule has 1 amide bonds. The van der Waals surface area contributed by atoms with Crippen molar-refractivity contribution in [2.75, 3.05) is 0 Å². The summed E-state index contributed by atoms with van der Waals surface area (Å²) in [6.45, 7) is 3.48. The molecule has 0 aromatic heterocycles. The van der Waals surface area contributed by atoms with Crippen LogP contribution >= 0.6 is 0 Å². The molecule has 0 saturated carbocycles. The minimum atomic E-state index is -1.31. The molecule has 3 N–H and O–H groups in total. The first-order valence-corrected chi connectivity index (χ1v) is 7.87. The largest absolute Gasteiger partial charge is 0.480 e. The molecule has 0 rings (SSSR count). The molecule has 0 heterocycles. The van der Waals surface area contributed by atoms with Gasteiger partial charge >= 0.3 is 5.97 Å². The highest BCUT2D eigenvalue weighted by Crippen LogP contribution is 1.99. The molecule has 0 aromatic rings. The first kappa shape index (κ1) is 20.9. The summed E-state index contributed by atoms with van der Waals surface area (Å²) in [4.78, 5) is 22.3. The van der Waals surface area contributed by atoms with Crippen molar-refractivity contribution in [3.05, 3.63) is 48.6 Å². The van der Waals surface area contributed by atoms with Gasteiger partial charge in [0.1, 0.15) is 0 Å². The predicted octanol–water partition coefficient (Wildman–Crippen LogP) is 2.74. The monoisotopic (exact) mass is 321 g/mol. The van der Waals surface area contributed by atoms with Gasteiger partial charge in [-0.05, 0) is 19.8 Å². The number of carboxylic acids is 1. The summed E-state index contributed by atoms with van der Waals surface area (Å²) in [7, 11) is 0. The Bertz CT molecular complexity index is 462. The summed E-state index contributed by atoms with van der Waals surface area (Å²) in [5, 5.41) is 20.3. The Morgan fingerprint density at radius 3 is 2.22 bits per heavy atom. The van der Waals surface area contributed by atoms with Crippen LogP contribution in [0.15, 0.2) is 48.6 Å². The van der Waals surface area contributed by atoms with Crippen LogP contribution in [0.5, 0.6) is 0 Å². The van der Waals surface area contributed by atoms with Gasteiger partial charge in [-0.1, -0.05) is 62.3 Å². The maximum absolute atomic E-state index is 11.5. The Hall–Kier alpha value is -2.14. The van der Waals surface area contributed by atoms with E-state index in [4.69, 9.17) is 5.11 Å². The molecule has 0 saturated heterocycles. The van der Waals surface area contributed by atoms with Crippen LogP contribution in [0.3, 0.4) is 0 Å². The molecule has 0 unspecified atom stereocenters. The van der Waals surface area contributed by atoms with Crippen LogP contribution < -0.4 is 5.32 Å². The fraction of sp³-hybridized carbons (Fsp3) is 0.444. The van der Waals surface area contributed by atoms with Crippen LogP contribution in [-0.4, -0.2) is 34.2 Å². The third-order valence-corrected chi connectivity index (χ3v) is 2.96. The molecule has 0 aliphatic heterocycles. The van der Waals surface area contributed by atoms with Crippen LogP contribution in [0.2, 0.25) is 0 Å². The average Bonchev–Trinajstić information content (AvgIpc) is 2.49. The van der Waals surface area contributed by atoms with Crippen LogP contribution in [0.4, 0.5) is 0 Å². The van der Waals surface area contributed by atoms with Gasteiger partial charge in [-0.2, -0.15) is 0 Å². The highest BCUT2D eigenvalue weighted by atomic mass is 16.4. The van der Waals surface area contributed by atoms with Crippen molar-refractivity contribution in [3.8, 4) is 0 Å². The van der Waals surface area contributed by atoms with E-state index in [1.807, 2.05) is 18.2 Å². The third-order valence-electron chi connectivity index (χ3n) is 2.96. The van der Waals surface area contributed by atoms with E-state index in [0.29, 0.717) is 0 Å². The number of carboxylic acid groups (broad SMARTS) is 1. The summed E-state index contributed by atoms with van der Waals surface area (Å²) >= 11 is 0. The van der Waals surface area contributed by atoms with E-state index in [1.165, 1.54) is 38.3 Å².